The molecule has 3 N–H and O–H groups in total. The third-order valence-corrected chi connectivity index (χ3v) is 3.43. The molecule has 0 aliphatic heterocycles. The summed E-state index contributed by atoms with van der Waals surface area (Å²) < 4.78 is 10.3. The molecule has 1 aromatic rings. The number of amides is 2. The van der Waals surface area contributed by atoms with Crippen LogP contribution in [-0.2, 0) is 9.59 Å². The molecule has 1 rings (SSSR count). The summed E-state index contributed by atoms with van der Waals surface area (Å²) in [6, 6.07) is 2.60. The first-order chi connectivity index (χ1) is 10.8. The predicted octanol–water partition coefficient (Wildman–Crippen LogP) is 2.00. The number of carbonyl (C=O) groups excluding carboxylic acids is 2. The van der Waals surface area contributed by atoms with Gasteiger partial charge in [0.15, 0.2) is 11.5 Å². The van der Waals surface area contributed by atoms with Crippen molar-refractivity contribution in [1.82, 2.24) is 5.32 Å². The van der Waals surface area contributed by atoms with Crippen LogP contribution in [0.25, 0.3) is 6.08 Å². The van der Waals surface area contributed by atoms with E-state index in [9.17, 15) is 9.59 Å². The highest BCUT2D eigenvalue weighted by Gasteiger charge is 2.20. The van der Waals surface area contributed by atoms with E-state index in [1.54, 1.807) is 32.1 Å². The van der Waals surface area contributed by atoms with Crippen molar-refractivity contribution in [2.75, 3.05) is 14.2 Å². The molecule has 0 aliphatic carbocycles. The molecule has 0 saturated heterocycles. The number of primary amides is 1. The minimum atomic E-state index is -0.721. The highest BCUT2D eigenvalue weighted by molar-refractivity contribution is 6.32. The molecule has 2 amide bonds. The molecule has 1 aromatic carbocycles. The lowest BCUT2D eigenvalue weighted by molar-refractivity contribution is -0.126. The number of ether oxygens (including phenoxy) is 2. The molecule has 126 valence electrons. The first kappa shape index (κ1) is 18.8. The zero-order valence-electron chi connectivity index (χ0n) is 13.6. The molecule has 0 bridgehead atoms. The Bertz CT molecular complexity index is 614. The number of nitrogens with one attached hydrogen (secondary N) is 1. The highest BCUT2D eigenvalue weighted by Crippen LogP contribution is 2.36. The maximum absolute atomic E-state index is 11.9. The molecule has 0 fully saturated rings. The van der Waals surface area contributed by atoms with E-state index >= 15 is 0 Å². The van der Waals surface area contributed by atoms with Crippen LogP contribution in [0.4, 0.5) is 0 Å². The van der Waals surface area contributed by atoms with Gasteiger partial charge in [0.1, 0.15) is 6.04 Å². The monoisotopic (exact) mass is 340 g/mol. The number of benzene rings is 1. The van der Waals surface area contributed by atoms with Gasteiger partial charge in [0.2, 0.25) is 11.8 Å². The van der Waals surface area contributed by atoms with E-state index in [2.05, 4.69) is 5.32 Å². The Morgan fingerprint density at radius 2 is 1.91 bits per heavy atom. The third-order valence-electron chi connectivity index (χ3n) is 3.15. The van der Waals surface area contributed by atoms with E-state index in [0.717, 1.165) is 0 Å². The molecule has 7 heteroatoms. The maximum Gasteiger partial charge on any atom is 0.244 e. The van der Waals surface area contributed by atoms with Crippen LogP contribution >= 0.6 is 11.6 Å². The van der Waals surface area contributed by atoms with Crippen LogP contribution in [0.5, 0.6) is 11.5 Å². The third kappa shape index (κ3) is 5.17. The predicted molar refractivity (Wildman–Crippen MR) is 89.6 cm³/mol. The van der Waals surface area contributed by atoms with Gasteiger partial charge in [-0.3, -0.25) is 9.59 Å². The van der Waals surface area contributed by atoms with Gasteiger partial charge in [-0.25, -0.2) is 0 Å². The molecule has 0 aliphatic rings. The van der Waals surface area contributed by atoms with Crippen molar-refractivity contribution in [1.29, 1.82) is 0 Å². The minimum absolute atomic E-state index is 0.0969. The first-order valence-electron chi connectivity index (χ1n) is 6.99. The summed E-state index contributed by atoms with van der Waals surface area (Å²) in [5, 5.41) is 2.93. The van der Waals surface area contributed by atoms with Gasteiger partial charge in [0.25, 0.3) is 0 Å². The lowest BCUT2D eigenvalue weighted by Gasteiger charge is -2.17. The van der Waals surface area contributed by atoms with E-state index in [4.69, 9.17) is 26.8 Å². The average Bonchev–Trinajstić information content (AvgIpc) is 2.49. The summed E-state index contributed by atoms with van der Waals surface area (Å²) in [5.41, 5.74) is 5.91. The van der Waals surface area contributed by atoms with Crippen molar-refractivity contribution in [2.24, 2.45) is 11.7 Å². The van der Waals surface area contributed by atoms with Gasteiger partial charge in [0, 0.05) is 6.08 Å². The molecule has 1 atom stereocenters. The number of hydrogen-bond donors (Lipinski definition) is 2. The normalized spacial score (nSPS) is 12.3. The van der Waals surface area contributed by atoms with E-state index in [0.29, 0.717) is 22.1 Å². The molecular formula is C16H21ClN2O4. The SMILES string of the molecule is COc1cc(/C=C/C(=O)N[C@H](C(N)=O)C(C)C)cc(Cl)c1OC. The van der Waals surface area contributed by atoms with Gasteiger partial charge in [-0.2, -0.15) is 0 Å². The fourth-order valence-corrected chi connectivity index (χ4v) is 2.27. The van der Waals surface area contributed by atoms with Gasteiger partial charge in [-0.1, -0.05) is 25.4 Å². The Kier molecular flexibility index (Phi) is 6.90. The van der Waals surface area contributed by atoms with Crippen molar-refractivity contribution < 1.29 is 19.1 Å². The fraction of sp³-hybridized carbons (Fsp3) is 0.375. The Hall–Kier alpha value is -2.21. The summed E-state index contributed by atoms with van der Waals surface area (Å²) in [6.07, 6.45) is 2.86. The first-order valence-corrected chi connectivity index (χ1v) is 7.37. The quantitative estimate of drug-likeness (QED) is 0.743. The summed E-state index contributed by atoms with van der Waals surface area (Å²) in [4.78, 5) is 23.2. The number of carbonyl (C=O) groups is 2. The molecular weight excluding hydrogens is 320 g/mol. The number of nitrogens with two attached hydrogens (primary N) is 1. The van der Waals surface area contributed by atoms with Gasteiger partial charge >= 0.3 is 0 Å². The van der Waals surface area contributed by atoms with Crippen molar-refractivity contribution >= 4 is 29.5 Å². The smallest absolute Gasteiger partial charge is 0.244 e. The Labute approximate surface area is 140 Å². The second-order valence-electron chi connectivity index (χ2n) is 5.20. The van der Waals surface area contributed by atoms with Gasteiger partial charge in [0.05, 0.1) is 19.2 Å². The van der Waals surface area contributed by atoms with Crippen LogP contribution in [0.15, 0.2) is 18.2 Å². The van der Waals surface area contributed by atoms with E-state index in [1.807, 2.05) is 0 Å². The van der Waals surface area contributed by atoms with E-state index < -0.39 is 17.9 Å². The van der Waals surface area contributed by atoms with Crippen LogP contribution in [0.3, 0.4) is 0 Å². The second kappa shape index (κ2) is 8.43. The summed E-state index contributed by atoms with van der Waals surface area (Å²) >= 11 is 6.10. The Morgan fingerprint density at radius 3 is 2.39 bits per heavy atom. The van der Waals surface area contributed by atoms with Crippen LogP contribution < -0.4 is 20.5 Å². The van der Waals surface area contributed by atoms with Crippen LogP contribution in [0.2, 0.25) is 5.02 Å². The lowest BCUT2D eigenvalue weighted by atomic mass is 10.0. The summed E-state index contributed by atoms with van der Waals surface area (Å²) in [7, 11) is 2.98. The highest BCUT2D eigenvalue weighted by atomic mass is 35.5. The molecule has 0 heterocycles. The Morgan fingerprint density at radius 1 is 1.26 bits per heavy atom. The molecule has 0 unspecified atom stereocenters. The Balaban J connectivity index is 2.90. The number of hydrogen-bond acceptors (Lipinski definition) is 4. The zero-order chi connectivity index (χ0) is 17.6. The number of methoxy groups -OCH3 is 2. The van der Waals surface area contributed by atoms with Crippen molar-refractivity contribution in [3.05, 3.63) is 28.8 Å². The van der Waals surface area contributed by atoms with E-state index in [1.165, 1.54) is 20.3 Å². The average molecular weight is 341 g/mol. The molecule has 0 radical (unpaired) electrons. The molecule has 0 spiro atoms. The van der Waals surface area contributed by atoms with Crippen molar-refractivity contribution in [3.63, 3.8) is 0 Å². The maximum atomic E-state index is 11.9. The fourth-order valence-electron chi connectivity index (χ4n) is 1.97. The topological polar surface area (TPSA) is 90.6 Å². The van der Waals surface area contributed by atoms with Crippen LogP contribution in [0, 0.1) is 5.92 Å². The standard InChI is InChI=1S/C16H21ClN2O4/c1-9(2)14(16(18)21)19-13(20)6-5-10-7-11(17)15(23-4)12(8-10)22-3/h5-9,14H,1-4H3,(H2,18,21)(H,19,20)/b6-5+/t14-/m0/s1. The van der Waals surface area contributed by atoms with Crippen LogP contribution in [-0.4, -0.2) is 32.1 Å². The zero-order valence-corrected chi connectivity index (χ0v) is 14.3. The van der Waals surface area contributed by atoms with Crippen LogP contribution in [0.1, 0.15) is 19.4 Å². The molecule has 0 aromatic heterocycles. The van der Waals surface area contributed by atoms with E-state index in [-0.39, 0.29) is 5.92 Å². The van der Waals surface area contributed by atoms with Crippen molar-refractivity contribution in [2.45, 2.75) is 19.9 Å². The number of rotatable bonds is 7. The van der Waals surface area contributed by atoms with Crippen molar-refractivity contribution in [3.8, 4) is 11.5 Å². The summed E-state index contributed by atoms with van der Waals surface area (Å²) in [6.45, 7) is 3.60. The largest absolute Gasteiger partial charge is 0.493 e. The van der Waals surface area contributed by atoms with Gasteiger partial charge < -0.3 is 20.5 Å². The minimum Gasteiger partial charge on any atom is -0.493 e. The molecule has 6 nitrogen and oxygen atoms in total. The lowest BCUT2D eigenvalue weighted by Crippen LogP contribution is -2.47. The van der Waals surface area contributed by atoms with Gasteiger partial charge in [-0.05, 0) is 29.7 Å². The van der Waals surface area contributed by atoms with Gasteiger partial charge in [-0.15, -0.1) is 0 Å². The second-order valence-corrected chi connectivity index (χ2v) is 5.61. The summed E-state index contributed by atoms with van der Waals surface area (Å²) in [5.74, 6) is -0.216. The molecule has 0 saturated carbocycles. The number of halogens is 1. The molecule has 23 heavy (non-hydrogen) atoms.